The number of aromatic nitrogens is 2. The molecule has 1 aliphatic rings. The van der Waals surface area contributed by atoms with Gasteiger partial charge in [0.1, 0.15) is 0 Å². The molecule has 1 N–H and O–H groups in total. The van der Waals surface area contributed by atoms with Crippen LogP contribution in [-0.2, 0) is 6.42 Å². The lowest BCUT2D eigenvalue weighted by Gasteiger charge is -2.10. The van der Waals surface area contributed by atoms with E-state index in [9.17, 15) is 4.79 Å². The summed E-state index contributed by atoms with van der Waals surface area (Å²) in [7, 11) is 0. The van der Waals surface area contributed by atoms with Gasteiger partial charge in [-0.15, -0.1) is 11.3 Å². The minimum absolute atomic E-state index is 0.0973. The predicted octanol–water partition coefficient (Wildman–Crippen LogP) is 4.26. The van der Waals surface area contributed by atoms with Gasteiger partial charge in [-0.1, -0.05) is 42.5 Å². The van der Waals surface area contributed by atoms with Crippen molar-refractivity contribution < 1.29 is 9.90 Å². The normalized spacial score (nSPS) is 13.0. The van der Waals surface area contributed by atoms with Crippen molar-refractivity contribution in [3.8, 4) is 16.3 Å². The first-order valence-corrected chi connectivity index (χ1v) is 8.27. The van der Waals surface area contributed by atoms with Crippen molar-refractivity contribution in [3.05, 3.63) is 64.9 Å². The molecule has 0 fully saturated rings. The summed E-state index contributed by atoms with van der Waals surface area (Å²) >= 11 is 1.36. The molecule has 0 radical (unpaired) electrons. The molecule has 0 unspecified atom stereocenters. The second kappa shape index (κ2) is 5.52. The molecule has 23 heavy (non-hydrogen) atoms. The predicted molar refractivity (Wildman–Crippen MR) is 91.2 cm³/mol. The van der Waals surface area contributed by atoms with Gasteiger partial charge < -0.3 is 5.11 Å². The summed E-state index contributed by atoms with van der Waals surface area (Å²) in [5.74, 6) is -0.989. The Morgan fingerprint density at radius 3 is 2.83 bits per heavy atom. The third-order valence-corrected chi connectivity index (χ3v) is 4.82. The van der Waals surface area contributed by atoms with E-state index >= 15 is 0 Å². The van der Waals surface area contributed by atoms with Crippen LogP contribution in [0.15, 0.2) is 48.0 Å². The Labute approximate surface area is 137 Å². The van der Waals surface area contributed by atoms with Crippen LogP contribution in [0, 0.1) is 0 Å². The first-order chi connectivity index (χ1) is 11.2. The van der Waals surface area contributed by atoms with Crippen molar-refractivity contribution >= 4 is 23.4 Å². The topological polar surface area (TPSA) is 55.1 Å². The second-order valence-electron chi connectivity index (χ2n) is 5.40. The number of fused-ring (bicyclic) bond motifs is 1. The Morgan fingerprint density at radius 2 is 2.09 bits per heavy atom. The molecule has 1 aromatic carbocycles. The van der Waals surface area contributed by atoms with Crippen molar-refractivity contribution in [2.75, 3.05) is 0 Å². The van der Waals surface area contributed by atoms with Crippen LogP contribution in [0.4, 0.5) is 0 Å². The Morgan fingerprint density at radius 1 is 1.26 bits per heavy atom. The zero-order valence-corrected chi connectivity index (χ0v) is 13.1. The smallest absolute Gasteiger partial charge is 0.355 e. The number of rotatable bonds is 3. The fourth-order valence-corrected chi connectivity index (χ4v) is 3.71. The number of allylic oxidation sites excluding steroid dienone is 1. The van der Waals surface area contributed by atoms with Crippen LogP contribution < -0.4 is 0 Å². The highest BCUT2D eigenvalue weighted by Crippen LogP contribution is 2.35. The number of carboxylic acids is 1. The summed E-state index contributed by atoms with van der Waals surface area (Å²) < 4.78 is 2.04. The number of aromatic carboxylic acids is 1. The first-order valence-electron chi connectivity index (χ1n) is 7.39. The number of nitrogens with zero attached hydrogens (tertiary/aromatic N) is 2. The summed E-state index contributed by atoms with van der Waals surface area (Å²) in [4.78, 5) is 15.3. The molecule has 4 nitrogen and oxygen atoms in total. The highest BCUT2D eigenvalue weighted by atomic mass is 32.1. The molecule has 4 rings (SSSR count). The Bertz CT molecular complexity index is 907. The lowest BCUT2D eigenvalue weighted by atomic mass is 9.98. The fourth-order valence-electron chi connectivity index (χ4n) is 2.92. The van der Waals surface area contributed by atoms with Gasteiger partial charge in [0.2, 0.25) is 0 Å². The number of hydrogen-bond donors (Lipinski definition) is 1. The molecular formula is C18H14N2O2S. The molecule has 0 amide bonds. The van der Waals surface area contributed by atoms with E-state index in [4.69, 9.17) is 5.11 Å². The van der Waals surface area contributed by atoms with E-state index in [1.54, 1.807) is 5.38 Å². The van der Waals surface area contributed by atoms with Gasteiger partial charge in [-0.25, -0.2) is 9.78 Å². The molecule has 0 atom stereocenters. The number of benzene rings is 1. The first kappa shape index (κ1) is 14.0. The van der Waals surface area contributed by atoms with Gasteiger partial charge in [0, 0.05) is 28.4 Å². The summed E-state index contributed by atoms with van der Waals surface area (Å²) in [5.41, 5.74) is 4.81. The molecule has 114 valence electrons. The highest BCUT2D eigenvalue weighted by molar-refractivity contribution is 7.12. The monoisotopic (exact) mass is 322 g/mol. The van der Waals surface area contributed by atoms with Gasteiger partial charge >= 0.3 is 5.97 Å². The number of carbonyl (C=O) groups is 1. The number of hydrogen-bond acceptors (Lipinski definition) is 3. The average Bonchev–Trinajstić information content (AvgIpc) is 3.20. The maximum absolute atomic E-state index is 11.1. The Hall–Kier alpha value is -2.66. The van der Waals surface area contributed by atoms with Crippen LogP contribution in [0.25, 0.3) is 22.3 Å². The van der Waals surface area contributed by atoms with E-state index in [1.807, 2.05) is 22.8 Å². The molecule has 2 aromatic heterocycles. The second-order valence-corrected chi connectivity index (χ2v) is 6.24. The van der Waals surface area contributed by atoms with Crippen LogP contribution in [0.1, 0.15) is 28.2 Å². The van der Waals surface area contributed by atoms with Crippen molar-refractivity contribution in [1.29, 1.82) is 0 Å². The SMILES string of the molecule is O=C(O)c1csc(-n2cc(-c3ccccc3)c3c2CCC=C3)n1. The van der Waals surface area contributed by atoms with Crippen LogP contribution in [0.5, 0.6) is 0 Å². The number of thiazole rings is 1. The van der Waals surface area contributed by atoms with Crippen LogP contribution >= 0.6 is 11.3 Å². The van der Waals surface area contributed by atoms with E-state index in [0.29, 0.717) is 5.13 Å². The molecule has 2 heterocycles. The molecule has 0 saturated heterocycles. The summed E-state index contributed by atoms with van der Waals surface area (Å²) in [6, 6.07) is 10.2. The van der Waals surface area contributed by atoms with Gasteiger partial charge in [0.05, 0.1) is 0 Å². The van der Waals surface area contributed by atoms with Crippen molar-refractivity contribution in [3.63, 3.8) is 0 Å². The zero-order chi connectivity index (χ0) is 15.8. The maximum atomic E-state index is 11.1. The lowest BCUT2D eigenvalue weighted by molar-refractivity contribution is 0.0691. The van der Waals surface area contributed by atoms with E-state index in [1.165, 1.54) is 22.6 Å². The average molecular weight is 322 g/mol. The molecule has 0 spiro atoms. The van der Waals surface area contributed by atoms with E-state index in [2.05, 4.69) is 35.5 Å². The van der Waals surface area contributed by atoms with Gasteiger partial charge in [-0.2, -0.15) is 0 Å². The summed E-state index contributed by atoms with van der Waals surface area (Å²) in [5, 5.41) is 11.4. The standard InChI is InChI=1S/C18H14N2O2S/c21-17(22)15-11-23-18(19-15)20-10-14(12-6-2-1-3-7-12)13-8-4-5-9-16(13)20/h1-4,6-8,10-11H,5,9H2,(H,21,22). The van der Waals surface area contributed by atoms with Crippen LogP contribution in [0.2, 0.25) is 0 Å². The molecule has 1 aliphatic carbocycles. The quantitative estimate of drug-likeness (QED) is 0.784. The molecular weight excluding hydrogens is 308 g/mol. The minimum Gasteiger partial charge on any atom is -0.476 e. The summed E-state index contributed by atoms with van der Waals surface area (Å²) in [6.07, 6.45) is 8.33. The molecule has 0 bridgehead atoms. The van der Waals surface area contributed by atoms with Gasteiger partial charge in [-0.3, -0.25) is 4.57 Å². The minimum atomic E-state index is -0.989. The molecule has 5 heteroatoms. The van der Waals surface area contributed by atoms with E-state index in [-0.39, 0.29) is 5.69 Å². The van der Waals surface area contributed by atoms with Crippen molar-refractivity contribution in [2.24, 2.45) is 0 Å². The van der Waals surface area contributed by atoms with Gasteiger partial charge in [0.15, 0.2) is 10.8 Å². The van der Waals surface area contributed by atoms with Gasteiger partial charge in [0.25, 0.3) is 0 Å². The summed E-state index contributed by atoms with van der Waals surface area (Å²) in [6.45, 7) is 0. The van der Waals surface area contributed by atoms with E-state index < -0.39 is 5.97 Å². The number of carboxylic acid groups (broad SMARTS) is 1. The molecule has 0 aliphatic heterocycles. The van der Waals surface area contributed by atoms with Gasteiger partial charge in [-0.05, 0) is 18.4 Å². The zero-order valence-electron chi connectivity index (χ0n) is 12.3. The van der Waals surface area contributed by atoms with E-state index in [0.717, 1.165) is 24.0 Å². The largest absolute Gasteiger partial charge is 0.476 e. The van der Waals surface area contributed by atoms with Crippen LogP contribution in [-0.4, -0.2) is 20.6 Å². The third-order valence-electron chi connectivity index (χ3n) is 3.98. The van der Waals surface area contributed by atoms with Crippen molar-refractivity contribution in [2.45, 2.75) is 12.8 Å². The molecule has 3 aromatic rings. The Kier molecular flexibility index (Phi) is 3.35. The fraction of sp³-hybridized carbons (Fsp3) is 0.111. The lowest BCUT2D eigenvalue weighted by Crippen LogP contribution is -2.03. The highest BCUT2D eigenvalue weighted by Gasteiger charge is 2.20. The van der Waals surface area contributed by atoms with Crippen molar-refractivity contribution in [1.82, 2.24) is 9.55 Å². The Balaban J connectivity index is 1.89. The molecule has 0 saturated carbocycles. The maximum Gasteiger partial charge on any atom is 0.355 e. The van der Waals surface area contributed by atoms with Crippen LogP contribution in [0.3, 0.4) is 0 Å². The third kappa shape index (κ3) is 2.39.